The molecule has 0 aromatic carbocycles. The number of aliphatic hydroxyl groups is 18. The topological polar surface area (TPSA) is 576 Å². The summed E-state index contributed by atoms with van der Waals surface area (Å²) in [6, 6.07) is 0. The molecule has 40 atom stereocenters. The molecule has 97 heavy (non-hydrogen) atoms. The van der Waals surface area contributed by atoms with Crippen molar-refractivity contribution in [3.8, 4) is 0 Å². The van der Waals surface area contributed by atoms with E-state index in [4.69, 9.17) is 109 Å². The van der Waals surface area contributed by atoms with Gasteiger partial charge in [-0.2, -0.15) is 0 Å². The number of aliphatic hydroxyl groups excluding tert-OH is 18. The Labute approximate surface area is 555 Å². The van der Waals surface area contributed by atoms with Gasteiger partial charge in [-0.1, -0.05) is 0 Å². The number of ether oxygens (including phenoxy) is 23. The Morgan fingerprint density at radius 3 is 0.515 bits per heavy atom. The Morgan fingerprint density at radius 1 is 0.186 bits per heavy atom. The van der Waals surface area contributed by atoms with E-state index in [1.807, 2.05) is 0 Å². The molecule has 0 aromatic rings. The molecule has 8 aliphatic heterocycles. The summed E-state index contributed by atoms with van der Waals surface area (Å²) < 4.78 is 134. The van der Waals surface area contributed by atoms with Gasteiger partial charge in [-0.15, -0.1) is 0 Å². The predicted molar refractivity (Wildman–Crippen MR) is 303 cm³/mol. The number of rotatable bonds is 30. The minimum atomic E-state index is -1.90. The number of methoxy groups -OCH3 is 8. The molecule has 1 unspecified atom stereocenters. The van der Waals surface area contributed by atoms with Crippen molar-refractivity contribution < 1.29 is 201 Å². The molecule has 18 N–H and O–H groups in total. The molecule has 0 aliphatic carbocycles. The average Bonchev–Trinajstić information content (AvgIpc) is 0.778. The molecule has 0 bridgehead atoms. The third kappa shape index (κ3) is 16.9. The van der Waals surface area contributed by atoms with Crippen LogP contribution in [0, 0.1) is 0 Å². The molecule has 8 fully saturated rings. The van der Waals surface area contributed by atoms with Crippen molar-refractivity contribution in [2.75, 3.05) is 110 Å². The number of hydrogen-bond donors (Lipinski definition) is 18. The first-order valence-corrected chi connectivity index (χ1v) is 31.3. The van der Waals surface area contributed by atoms with Crippen LogP contribution in [0.5, 0.6) is 0 Å². The Morgan fingerprint density at radius 2 is 0.340 bits per heavy atom. The van der Waals surface area contributed by atoms with E-state index in [-0.39, 0.29) is 0 Å². The van der Waals surface area contributed by atoms with E-state index in [0.717, 1.165) is 28.4 Å². The van der Waals surface area contributed by atoms with E-state index in [0.29, 0.717) is 0 Å². The summed E-state index contributed by atoms with van der Waals surface area (Å²) in [5, 5.41) is 197. The molecule has 0 radical (unpaired) electrons. The van der Waals surface area contributed by atoms with Gasteiger partial charge < -0.3 is 201 Å². The molecule has 568 valence electrons. The van der Waals surface area contributed by atoms with Crippen LogP contribution in [0.4, 0.5) is 0 Å². The van der Waals surface area contributed by atoms with Gasteiger partial charge in [-0.3, -0.25) is 0 Å². The molecule has 0 spiro atoms. The van der Waals surface area contributed by atoms with Gasteiger partial charge in [0.2, 0.25) is 0 Å². The van der Waals surface area contributed by atoms with Gasteiger partial charge in [-0.05, 0) is 0 Å². The maximum Gasteiger partial charge on any atom is 0.187 e. The second-order valence-electron chi connectivity index (χ2n) is 24.0. The van der Waals surface area contributed by atoms with Crippen molar-refractivity contribution in [3.63, 3.8) is 0 Å². The van der Waals surface area contributed by atoms with Crippen molar-refractivity contribution in [3.05, 3.63) is 0 Å². The van der Waals surface area contributed by atoms with E-state index in [9.17, 15) is 91.9 Å². The van der Waals surface area contributed by atoms with Crippen LogP contribution in [0.2, 0.25) is 0 Å². The second kappa shape index (κ2) is 36.9. The molecule has 8 heterocycles. The van der Waals surface area contributed by atoms with Gasteiger partial charge in [0.1, 0.15) is 195 Å². The first-order valence-electron chi connectivity index (χ1n) is 31.3. The summed E-state index contributed by atoms with van der Waals surface area (Å²) in [6.07, 6.45) is -63.6. The standard InChI is InChI=1S/C56H98O41/c1-75-41-25(65)17(9-57)84-50(27(41)67)92-35-19(11-59)86-52(29(69)43(35)77-3)94-37-21(13-61)88-54(31(71)45(37)79-5)96-39-23(15-63)90-56(33(73)47(39)81-7)97-40-24(16-64)89-55(32(72)48(40)82-8)95-38-22(14-62)87-53(30(70)46(38)80-6)93-36-20(12-60)85-51(28(68)44(36)78-4)91-34-18(10-58)83-49(74)26(66)42(34)76-2/h17-74H,9-16H2,1-8H3/t17-,18-,19-,20-,21-,22-,23-,24-,25-,26+,27+,28+,29+,30+,31+,32+,33+,34-,35-,36-,37-,38-,39-,40-,41+,42-,43-,44-,45-,46-,47-,48-,49?,50-,51-,52-,53-,54-,55-,56-/m1/s1. The first kappa shape index (κ1) is 81.0. The first-order chi connectivity index (χ1) is 46.5. The zero-order chi connectivity index (χ0) is 71.0. The van der Waals surface area contributed by atoms with Crippen molar-refractivity contribution in [2.45, 2.75) is 246 Å². The van der Waals surface area contributed by atoms with Crippen molar-refractivity contribution in [1.82, 2.24) is 0 Å². The summed E-state index contributed by atoms with van der Waals surface area (Å²) in [5.41, 5.74) is 0. The molecule has 8 saturated heterocycles. The van der Waals surface area contributed by atoms with Crippen LogP contribution in [0.15, 0.2) is 0 Å². The summed E-state index contributed by atoms with van der Waals surface area (Å²) in [5.74, 6) is 0. The summed E-state index contributed by atoms with van der Waals surface area (Å²) in [6.45, 7) is -6.65. The van der Waals surface area contributed by atoms with Crippen LogP contribution in [-0.4, -0.2) is 447 Å². The monoisotopic (exact) mass is 1430 g/mol. The van der Waals surface area contributed by atoms with Gasteiger partial charge in [0.15, 0.2) is 50.3 Å². The fraction of sp³-hybridized carbons (Fsp3) is 1.00. The Bertz CT molecular complexity index is 2280. The largest absolute Gasteiger partial charge is 0.394 e. The molecule has 8 aliphatic rings. The quantitative estimate of drug-likeness (QED) is 0.0318. The molecular weight excluding hydrogens is 1330 g/mol. The highest BCUT2D eigenvalue weighted by molar-refractivity contribution is 5.03. The van der Waals surface area contributed by atoms with Crippen LogP contribution >= 0.6 is 0 Å². The van der Waals surface area contributed by atoms with Crippen molar-refractivity contribution >= 4 is 0 Å². The molecule has 0 saturated carbocycles. The molecule has 0 amide bonds. The van der Waals surface area contributed by atoms with Gasteiger partial charge in [-0.25, -0.2) is 0 Å². The van der Waals surface area contributed by atoms with Gasteiger partial charge >= 0.3 is 0 Å². The molecule has 41 heteroatoms. The predicted octanol–water partition coefficient (Wildman–Crippen LogP) is -13.2. The SMILES string of the molecule is CO[C@@H]1[C@H](O)[C@@H](O[C@H]2[C@H](OC)[C@H](O)[C@@H](O[C@H]3[C@H](OC)[C@H](O)[C@@H](O[C@H]4[C@H](OC)[C@H](O)[C@@H](O[C@H]5[C@H](OC)[C@H](O)[C@@H](O[C@H]6[C@H](OC)[C@H](O)[C@@H](O[C@H]7[C@H](OC)[C@H](O)[C@@H](O[C@H]8[C@H](OC)[C@H](O)C(O)O[C@@H]8CO)O[C@@H]7CO)O[C@@H]6CO)O[C@@H]5CO)O[C@@H]4CO)O[C@@H]3CO)O[C@@H]2CO)O[C@H](CO)[C@H]1O. The highest BCUT2D eigenvalue weighted by atomic mass is 16.8. The van der Waals surface area contributed by atoms with Crippen LogP contribution in [0.25, 0.3) is 0 Å². The maximum atomic E-state index is 11.9. The van der Waals surface area contributed by atoms with E-state index < -0.39 is 299 Å². The fourth-order valence-corrected chi connectivity index (χ4v) is 13.6. The lowest BCUT2D eigenvalue weighted by molar-refractivity contribution is -0.401. The molecule has 41 nitrogen and oxygen atoms in total. The summed E-state index contributed by atoms with van der Waals surface area (Å²) in [4.78, 5) is 0. The number of hydrogen-bond acceptors (Lipinski definition) is 41. The smallest absolute Gasteiger partial charge is 0.187 e. The highest BCUT2D eigenvalue weighted by Gasteiger charge is 2.61. The summed E-state index contributed by atoms with van der Waals surface area (Å²) in [7, 11) is 9.35. The maximum absolute atomic E-state index is 11.9. The zero-order valence-corrected chi connectivity index (χ0v) is 54.2. The normalized spacial score (nSPS) is 50.2. The Balaban J connectivity index is 0.901. The lowest BCUT2D eigenvalue weighted by Crippen LogP contribution is -2.69. The Kier molecular flexibility index (Phi) is 30.8. The van der Waals surface area contributed by atoms with E-state index in [2.05, 4.69) is 0 Å². The minimum absolute atomic E-state index is 0.707. The van der Waals surface area contributed by atoms with Gasteiger partial charge in [0.05, 0.1) is 52.9 Å². The average molecular weight is 1430 g/mol. The second-order valence-corrected chi connectivity index (χ2v) is 24.0. The minimum Gasteiger partial charge on any atom is -0.394 e. The van der Waals surface area contributed by atoms with Crippen LogP contribution in [-0.2, 0) is 109 Å². The van der Waals surface area contributed by atoms with Crippen molar-refractivity contribution in [1.29, 1.82) is 0 Å². The van der Waals surface area contributed by atoms with Crippen LogP contribution in [0.3, 0.4) is 0 Å². The molecule has 0 aromatic heterocycles. The molecule has 8 rings (SSSR count). The fourth-order valence-electron chi connectivity index (χ4n) is 13.6. The lowest BCUT2D eigenvalue weighted by Gasteiger charge is -2.51. The molecular formula is C56H98O41. The van der Waals surface area contributed by atoms with Crippen molar-refractivity contribution in [2.24, 2.45) is 0 Å². The Hall–Kier alpha value is -1.64. The zero-order valence-electron chi connectivity index (χ0n) is 54.2. The van der Waals surface area contributed by atoms with Gasteiger partial charge in [0, 0.05) is 56.9 Å². The van der Waals surface area contributed by atoms with E-state index >= 15 is 0 Å². The van der Waals surface area contributed by atoms with Gasteiger partial charge in [0.25, 0.3) is 0 Å². The third-order valence-electron chi connectivity index (χ3n) is 18.6. The van der Waals surface area contributed by atoms with Crippen LogP contribution < -0.4 is 0 Å². The highest BCUT2D eigenvalue weighted by Crippen LogP contribution is 2.41. The third-order valence-corrected chi connectivity index (χ3v) is 18.6. The van der Waals surface area contributed by atoms with E-state index in [1.54, 1.807) is 0 Å². The summed E-state index contributed by atoms with van der Waals surface area (Å²) >= 11 is 0. The van der Waals surface area contributed by atoms with E-state index in [1.165, 1.54) is 28.4 Å². The van der Waals surface area contributed by atoms with Crippen LogP contribution in [0.1, 0.15) is 0 Å². The lowest BCUT2D eigenvalue weighted by atomic mass is 9.94.